The Labute approximate surface area is 109 Å². The van der Waals surface area contributed by atoms with E-state index in [2.05, 4.69) is 0 Å². The van der Waals surface area contributed by atoms with Gasteiger partial charge in [0.2, 0.25) is 0 Å². The van der Waals surface area contributed by atoms with Crippen LogP contribution in [0, 0.1) is 11.6 Å². The molecular formula is C13H15F2NO3. The highest BCUT2D eigenvalue weighted by molar-refractivity contribution is 5.94. The largest absolute Gasteiger partial charge is 0.481 e. The third-order valence-electron chi connectivity index (χ3n) is 2.71. The molecule has 1 atom stereocenters. The van der Waals surface area contributed by atoms with Gasteiger partial charge in [-0.3, -0.25) is 9.59 Å². The molecule has 0 spiro atoms. The number of halogens is 2. The van der Waals surface area contributed by atoms with Crippen molar-refractivity contribution in [1.82, 2.24) is 4.90 Å². The highest BCUT2D eigenvalue weighted by atomic mass is 19.1. The first-order valence-electron chi connectivity index (χ1n) is 5.84. The molecule has 0 aromatic heterocycles. The van der Waals surface area contributed by atoms with E-state index in [-0.39, 0.29) is 18.5 Å². The summed E-state index contributed by atoms with van der Waals surface area (Å²) in [5.41, 5.74) is -0.128. The maximum absolute atomic E-state index is 13.1. The summed E-state index contributed by atoms with van der Waals surface area (Å²) in [6, 6.07) is 1.98. The molecule has 19 heavy (non-hydrogen) atoms. The van der Waals surface area contributed by atoms with E-state index in [1.165, 1.54) is 4.90 Å². The fourth-order valence-corrected chi connectivity index (χ4v) is 1.86. The first kappa shape index (κ1) is 15.1. The van der Waals surface area contributed by atoms with E-state index >= 15 is 0 Å². The zero-order valence-corrected chi connectivity index (χ0v) is 10.7. The molecule has 1 rings (SSSR count). The number of amides is 1. The van der Waals surface area contributed by atoms with Gasteiger partial charge in [-0.1, -0.05) is 0 Å². The second kappa shape index (κ2) is 6.26. The van der Waals surface area contributed by atoms with Gasteiger partial charge >= 0.3 is 5.97 Å². The van der Waals surface area contributed by atoms with E-state index in [4.69, 9.17) is 5.11 Å². The molecule has 0 fully saturated rings. The molecule has 0 heterocycles. The van der Waals surface area contributed by atoms with Gasteiger partial charge in [0, 0.05) is 24.2 Å². The van der Waals surface area contributed by atoms with Gasteiger partial charge in [0.05, 0.1) is 6.42 Å². The molecule has 0 saturated heterocycles. The van der Waals surface area contributed by atoms with Crippen LogP contribution in [-0.4, -0.2) is 34.5 Å². The predicted octanol–water partition coefficient (Wildman–Crippen LogP) is 2.29. The molecular weight excluding hydrogens is 256 g/mol. The van der Waals surface area contributed by atoms with E-state index in [1.54, 1.807) is 13.8 Å². The maximum atomic E-state index is 13.1. The van der Waals surface area contributed by atoms with Crippen LogP contribution in [0.4, 0.5) is 8.78 Å². The Balaban J connectivity index is 2.97. The summed E-state index contributed by atoms with van der Waals surface area (Å²) < 4.78 is 26.1. The summed E-state index contributed by atoms with van der Waals surface area (Å²) in [6.07, 6.45) is -0.225. The lowest BCUT2D eigenvalue weighted by molar-refractivity contribution is -0.138. The summed E-state index contributed by atoms with van der Waals surface area (Å²) in [4.78, 5) is 24.0. The molecule has 0 aliphatic heterocycles. The van der Waals surface area contributed by atoms with Crippen molar-refractivity contribution in [3.05, 3.63) is 35.4 Å². The SMILES string of the molecule is CCN(C(=O)c1cc(F)cc(F)c1)C(C)CC(=O)O. The standard InChI is InChI=1S/C13H15F2NO3/c1-3-16(8(2)4-12(17)18)13(19)9-5-10(14)7-11(15)6-9/h5-8H,3-4H2,1-2H3,(H,17,18). The van der Waals surface area contributed by atoms with E-state index in [9.17, 15) is 18.4 Å². The van der Waals surface area contributed by atoms with Crippen LogP contribution in [-0.2, 0) is 4.79 Å². The van der Waals surface area contributed by atoms with Crippen molar-refractivity contribution < 1.29 is 23.5 Å². The van der Waals surface area contributed by atoms with Crippen LogP contribution in [0.2, 0.25) is 0 Å². The molecule has 104 valence electrons. The van der Waals surface area contributed by atoms with Crippen molar-refractivity contribution in [2.75, 3.05) is 6.54 Å². The van der Waals surface area contributed by atoms with E-state index in [1.807, 2.05) is 0 Å². The Hall–Kier alpha value is -1.98. The first-order chi connectivity index (χ1) is 8.85. The lowest BCUT2D eigenvalue weighted by Crippen LogP contribution is -2.39. The Kier molecular flexibility index (Phi) is 4.97. The van der Waals surface area contributed by atoms with Crippen LogP contribution in [0.15, 0.2) is 18.2 Å². The van der Waals surface area contributed by atoms with Crippen molar-refractivity contribution >= 4 is 11.9 Å². The van der Waals surface area contributed by atoms with Gasteiger partial charge in [-0.15, -0.1) is 0 Å². The van der Waals surface area contributed by atoms with Crippen LogP contribution in [0.5, 0.6) is 0 Å². The van der Waals surface area contributed by atoms with Gasteiger partial charge in [0.1, 0.15) is 11.6 Å². The Bertz CT molecular complexity index is 471. The van der Waals surface area contributed by atoms with Crippen molar-refractivity contribution in [2.24, 2.45) is 0 Å². The van der Waals surface area contributed by atoms with Gasteiger partial charge in [0.25, 0.3) is 5.91 Å². The topological polar surface area (TPSA) is 57.6 Å². The van der Waals surface area contributed by atoms with E-state index in [0.29, 0.717) is 6.07 Å². The zero-order valence-electron chi connectivity index (χ0n) is 10.7. The highest BCUT2D eigenvalue weighted by Gasteiger charge is 2.22. The molecule has 1 unspecified atom stereocenters. The summed E-state index contributed by atoms with van der Waals surface area (Å²) in [6.45, 7) is 3.50. The average molecular weight is 271 g/mol. The second-order valence-electron chi connectivity index (χ2n) is 4.20. The molecule has 1 aromatic carbocycles. The molecule has 0 saturated carbocycles. The average Bonchev–Trinajstić information content (AvgIpc) is 2.27. The summed E-state index contributed by atoms with van der Waals surface area (Å²) in [5.74, 6) is -3.31. The van der Waals surface area contributed by atoms with E-state index < -0.39 is 29.6 Å². The Morgan fingerprint density at radius 3 is 2.21 bits per heavy atom. The van der Waals surface area contributed by atoms with Gasteiger partial charge < -0.3 is 10.0 Å². The zero-order chi connectivity index (χ0) is 14.6. The van der Waals surface area contributed by atoms with E-state index in [0.717, 1.165) is 12.1 Å². The van der Waals surface area contributed by atoms with Crippen molar-refractivity contribution in [2.45, 2.75) is 26.3 Å². The number of carboxylic acid groups (broad SMARTS) is 1. The second-order valence-corrected chi connectivity index (χ2v) is 4.20. The summed E-state index contributed by atoms with van der Waals surface area (Å²) in [7, 11) is 0. The van der Waals surface area contributed by atoms with Gasteiger partial charge in [-0.05, 0) is 26.0 Å². The van der Waals surface area contributed by atoms with Crippen LogP contribution in [0.3, 0.4) is 0 Å². The van der Waals surface area contributed by atoms with Crippen LogP contribution in [0.1, 0.15) is 30.6 Å². The van der Waals surface area contributed by atoms with Crippen molar-refractivity contribution in [3.63, 3.8) is 0 Å². The fraction of sp³-hybridized carbons (Fsp3) is 0.385. The van der Waals surface area contributed by atoms with Gasteiger partial charge in [-0.25, -0.2) is 8.78 Å². The van der Waals surface area contributed by atoms with Crippen molar-refractivity contribution in [1.29, 1.82) is 0 Å². The number of carbonyl (C=O) groups is 2. The fourth-order valence-electron chi connectivity index (χ4n) is 1.86. The molecule has 1 N–H and O–H groups in total. The van der Waals surface area contributed by atoms with Gasteiger partial charge in [0.15, 0.2) is 0 Å². The molecule has 0 radical (unpaired) electrons. The molecule has 0 aliphatic rings. The lowest BCUT2D eigenvalue weighted by Gasteiger charge is -2.27. The minimum Gasteiger partial charge on any atom is -0.481 e. The lowest BCUT2D eigenvalue weighted by atomic mass is 10.1. The van der Waals surface area contributed by atoms with Crippen LogP contribution >= 0.6 is 0 Å². The summed E-state index contributed by atoms with van der Waals surface area (Å²) in [5, 5.41) is 8.71. The molecule has 1 aromatic rings. The number of hydrogen-bond donors (Lipinski definition) is 1. The number of aliphatic carboxylic acids is 1. The number of hydrogen-bond acceptors (Lipinski definition) is 2. The van der Waals surface area contributed by atoms with Crippen molar-refractivity contribution in [3.8, 4) is 0 Å². The smallest absolute Gasteiger partial charge is 0.305 e. The van der Waals surface area contributed by atoms with Crippen LogP contribution < -0.4 is 0 Å². The predicted molar refractivity (Wildman–Crippen MR) is 64.8 cm³/mol. The molecule has 6 heteroatoms. The first-order valence-corrected chi connectivity index (χ1v) is 5.84. The Morgan fingerprint density at radius 1 is 1.26 bits per heavy atom. The minimum absolute atomic E-state index is 0.128. The quantitative estimate of drug-likeness (QED) is 0.893. The third kappa shape index (κ3) is 4.01. The monoisotopic (exact) mass is 271 g/mol. The normalized spacial score (nSPS) is 12.0. The third-order valence-corrected chi connectivity index (χ3v) is 2.71. The minimum atomic E-state index is -1.04. The summed E-state index contributed by atoms with van der Waals surface area (Å²) >= 11 is 0. The maximum Gasteiger partial charge on any atom is 0.305 e. The molecule has 0 aliphatic carbocycles. The molecule has 4 nitrogen and oxygen atoms in total. The number of nitrogens with zero attached hydrogens (tertiary/aromatic N) is 1. The molecule has 0 bridgehead atoms. The number of carboxylic acids is 1. The number of benzene rings is 1. The number of carbonyl (C=O) groups excluding carboxylic acids is 1. The number of rotatable bonds is 5. The van der Waals surface area contributed by atoms with Crippen LogP contribution in [0.25, 0.3) is 0 Å². The Morgan fingerprint density at radius 2 is 1.79 bits per heavy atom. The van der Waals surface area contributed by atoms with Gasteiger partial charge in [-0.2, -0.15) is 0 Å². The highest BCUT2D eigenvalue weighted by Crippen LogP contribution is 2.14. The molecule has 1 amide bonds.